The first kappa shape index (κ1) is 16.8. The van der Waals surface area contributed by atoms with Crippen molar-refractivity contribution in [2.75, 3.05) is 19.6 Å². The Morgan fingerprint density at radius 3 is 2.91 bits per heavy atom. The van der Waals surface area contributed by atoms with Gasteiger partial charge in [0.2, 0.25) is 0 Å². The quantitative estimate of drug-likeness (QED) is 0.553. The molecule has 4 rings (SSSR count). The highest BCUT2D eigenvalue weighted by atomic mass is 19.1. The Hall–Kier alpha value is -3.73. The predicted molar refractivity (Wildman–Crippen MR) is 114 cm³/mol. The number of nitrogens with one attached hydrogen (secondary N) is 2. The minimum Gasteiger partial charge on any atom is -0.488 e. The van der Waals surface area contributed by atoms with Crippen LogP contribution in [0.15, 0.2) is 43.1 Å². The van der Waals surface area contributed by atoms with Crippen LogP contribution in [0.25, 0.3) is 11.4 Å². The Balaban J connectivity index is 1.50. The van der Waals surface area contributed by atoms with Gasteiger partial charge in [-0.3, -0.25) is 9.78 Å². The third-order valence-electron chi connectivity index (χ3n) is 4.76. The summed E-state index contributed by atoms with van der Waals surface area (Å²) in [5.74, 6) is -2.19. The lowest BCUT2D eigenvalue weighted by Crippen LogP contribution is -2.52. The molecule has 1 aliphatic heterocycles. The minimum absolute atomic E-state index is 0.0464. The average Bonchev–Trinajstić information content (AvgIpc) is 2.86. The van der Waals surface area contributed by atoms with Gasteiger partial charge >= 0.3 is 0 Å². The number of nitrogens with zero attached hydrogens (tertiary/aromatic N) is 4. The van der Waals surface area contributed by atoms with Crippen LogP contribution in [0.3, 0.4) is 0 Å². The number of ether oxygens (including phenoxy) is 2. The molecular formula is C22H22F2N6O3. The summed E-state index contributed by atoms with van der Waals surface area (Å²) in [7, 11) is 0. The largest absolute Gasteiger partial charge is 0.488 e. The molecule has 1 amide bonds. The van der Waals surface area contributed by atoms with Crippen molar-refractivity contribution in [3.8, 4) is 28.8 Å². The van der Waals surface area contributed by atoms with E-state index >= 15 is 0 Å². The molecule has 0 unspecified atom stereocenters. The number of amides is 1. The molecule has 0 bridgehead atoms. The van der Waals surface area contributed by atoms with E-state index in [1.54, 1.807) is 0 Å². The van der Waals surface area contributed by atoms with Gasteiger partial charge in [0.05, 0.1) is 33.3 Å². The first-order chi connectivity index (χ1) is 17.9. The summed E-state index contributed by atoms with van der Waals surface area (Å²) in [4.78, 5) is 28.5. The maximum Gasteiger partial charge on any atom is 0.262 e. The first-order valence-electron chi connectivity index (χ1n) is 12.4. The van der Waals surface area contributed by atoms with Gasteiger partial charge in [0.15, 0.2) is 11.6 Å². The monoisotopic (exact) mass is 461 g/mol. The van der Waals surface area contributed by atoms with E-state index in [-0.39, 0.29) is 17.1 Å². The normalized spacial score (nSPS) is 21.0. The smallest absolute Gasteiger partial charge is 0.262 e. The van der Waals surface area contributed by atoms with Crippen molar-refractivity contribution in [3.05, 3.63) is 54.5 Å². The molecule has 3 aromatic heterocycles. The second-order valence-electron chi connectivity index (χ2n) is 7.06. The summed E-state index contributed by atoms with van der Waals surface area (Å²) in [5.41, 5.74) is 0.491. The topological polar surface area (TPSA) is 111 Å². The summed E-state index contributed by atoms with van der Waals surface area (Å²) in [6, 6.07) is 1.53. The molecule has 0 aliphatic carbocycles. The van der Waals surface area contributed by atoms with Gasteiger partial charge < -0.3 is 20.1 Å². The molecule has 0 spiro atoms. The zero-order chi connectivity index (χ0) is 27.5. The van der Waals surface area contributed by atoms with Crippen molar-refractivity contribution in [1.29, 1.82) is 0 Å². The first-order valence-corrected chi connectivity index (χ1v) is 9.88. The molecule has 9 nitrogen and oxygen atoms in total. The van der Waals surface area contributed by atoms with E-state index in [9.17, 15) is 13.6 Å². The van der Waals surface area contributed by atoms with Crippen molar-refractivity contribution in [1.82, 2.24) is 30.6 Å². The Morgan fingerprint density at radius 1 is 1.27 bits per heavy atom. The fraction of sp³-hybridized carbons (Fsp3) is 0.318. The third kappa shape index (κ3) is 5.55. The molecule has 0 saturated carbocycles. The second-order valence-corrected chi connectivity index (χ2v) is 7.06. The van der Waals surface area contributed by atoms with Crippen molar-refractivity contribution >= 4 is 5.91 Å². The maximum atomic E-state index is 14.0. The molecule has 2 N–H and O–H groups in total. The van der Waals surface area contributed by atoms with Gasteiger partial charge in [-0.05, 0) is 25.9 Å². The number of pyridine rings is 2. The zero-order valence-corrected chi connectivity index (χ0v) is 17.1. The lowest BCUT2D eigenvalue weighted by Gasteiger charge is -2.27. The van der Waals surface area contributed by atoms with E-state index in [2.05, 4.69) is 30.6 Å². The van der Waals surface area contributed by atoms with Crippen LogP contribution < -0.4 is 20.1 Å². The van der Waals surface area contributed by atoms with Crippen LogP contribution in [0.4, 0.5) is 8.78 Å². The number of carbonyl (C=O) groups is 1. The number of hydrogen-bond donors (Lipinski definition) is 2. The van der Waals surface area contributed by atoms with E-state index in [0.717, 1.165) is 12.3 Å². The van der Waals surface area contributed by atoms with Crippen molar-refractivity contribution in [3.63, 3.8) is 0 Å². The maximum absolute atomic E-state index is 14.0. The number of alkyl halides is 1. The van der Waals surface area contributed by atoms with E-state index in [1.807, 2.05) is 0 Å². The van der Waals surface area contributed by atoms with Crippen LogP contribution in [0.2, 0.25) is 0 Å². The average molecular weight is 461 g/mol. The van der Waals surface area contributed by atoms with Crippen LogP contribution in [0, 0.1) is 5.82 Å². The number of halogens is 2. The highest BCUT2D eigenvalue weighted by Gasteiger charge is 2.26. The summed E-state index contributed by atoms with van der Waals surface area (Å²) < 4.78 is 75.3. The Kier molecular flexibility index (Phi) is 5.24. The molecule has 172 valence electrons. The van der Waals surface area contributed by atoms with Crippen LogP contribution in [0.1, 0.15) is 30.5 Å². The van der Waals surface area contributed by atoms with Crippen LogP contribution in [0.5, 0.6) is 17.4 Å². The van der Waals surface area contributed by atoms with Gasteiger partial charge in [0.1, 0.15) is 17.7 Å². The van der Waals surface area contributed by atoms with Crippen LogP contribution in [-0.2, 0) is 0 Å². The van der Waals surface area contributed by atoms with Gasteiger partial charge in [-0.1, -0.05) is 0 Å². The number of piperidine rings is 1. The van der Waals surface area contributed by atoms with Crippen LogP contribution in [-0.4, -0.2) is 57.7 Å². The van der Waals surface area contributed by atoms with Gasteiger partial charge in [-0.25, -0.2) is 23.7 Å². The highest BCUT2D eigenvalue weighted by molar-refractivity contribution is 5.94. The van der Waals surface area contributed by atoms with E-state index in [4.69, 9.17) is 16.3 Å². The predicted octanol–water partition coefficient (Wildman–Crippen LogP) is 2.69. The third-order valence-corrected chi connectivity index (χ3v) is 4.76. The van der Waals surface area contributed by atoms with Crippen molar-refractivity contribution in [2.45, 2.75) is 25.5 Å². The fourth-order valence-electron chi connectivity index (χ4n) is 3.14. The fourth-order valence-corrected chi connectivity index (χ4v) is 3.14. The molecule has 1 saturated heterocycles. The molecule has 33 heavy (non-hydrogen) atoms. The van der Waals surface area contributed by atoms with Gasteiger partial charge in [-0.15, -0.1) is 0 Å². The van der Waals surface area contributed by atoms with Crippen molar-refractivity contribution < 1.29 is 29.9 Å². The second kappa shape index (κ2) is 10.3. The van der Waals surface area contributed by atoms with Gasteiger partial charge in [0, 0.05) is 40.9 Å². The van der Waals surface area contributed by atoms with Gasteiger partial charge in [-0.2, -0.15) is 0 Å². The Morgan fingerprint density at radius 2 is 2.12 bits per heavy atom. The summed E-state index contributed by atoms with van der Waals surface area (Å²) >= 11 is 0. The summed E-state index contributed by atoms with van der Waals surface area (Å²) in [5, 5.41) is 5.64. The molecule has 4 heterocycles. The molecule has 2 atom stereocenters. The molecule has 0 aromatic carbocycles. The Bertz CT molecular complexity index is 1300. The molecule has 0 radical (unpaired) electrons. The van der Waals surface area contributed by atoms with Gasteiger partial charge in [0.25, 0.3) is 11.8 Å². The number of hydrogen-bond acceptors (Lipinski definition) is 8. The molecule has 1 fully saturated rings. The molecule has 11 heteroatoms. The minimum atomic E-state index is -3.17. The molecule has 1 aliphatic rings. The SMILES string of the molecule is [2H]C([2H])([2H])C([2H])([2H])Oc1cc(F)cnc1Oc1cncc(-c2ncc(C(=O)N[C@@H]3CNCC[C@@H]3F)cn2)c1. The standard InChI is InChI=1S/C22H22F2N6O3/c1-2-32-19-6-15(23)10-29-22(19)33-16-5-13(7-26-11-16)20-27-8-14(9-28-20)21(31)30-18-12-25-4-3-17(18)24/h5-11,17-18,25H,2-4,12H2,1H3,(H,30,31)/t17-,18+/m0/s1/i1D3,2D2. The van der Waals surface area contributed by atoms with Crippen LogP contribution >= 0.6 is 0 Å². The van der Waals surface area contributed by atoms with Crippen molar-refractivity contribution in [2.24, 2.45) is 0 Å². The summed E-state index contributed by atoms with van der Waals surface area (Å²) in [6.45, 7) is -5.45. The highest BCUT2D eigenvalue weighted by Crippen LogP contribution is 2.30. The number of carbonyl (C=O) groups excluding carboxylic acids is 1. The zero-order valence-electron chi connectivity index (χ0n) is 22.1. The number of rotatable bonds is 7. The molecule has 3 aromatic rings. The number of aromatic nitrogens is 4. The lowest BCUT2D eigenvalue weighted by molar-refractivity contribution is 0.0892. The lowest BCUT2D eigenvalue weighted by atomic mass is 10.1. The summed E-state index contributed by atoms with van der Waals surface area (Å²) in [6.07, 6.45) is 5.17. The molecular weight excluding hydrogens is 434 g/mol. The van der Waals surface area contributed by atoms with E-state index in [0.29, 0.717) is 25.1 Å². The van der Waals surface area contributed by atoms with E-state index < -0.39 is 49.0 Å². The van der Waals surface area contributed by atoms with E-state index in [1.165, 1.54) is 30.9 Å². The Labute approximate surface area is 195 Å².